The first kappa shape index (κ1) is 12.4. The third kappa shape index (κ3) is 3.19. The first-order valence-corrected chi connectivity index (χ1v) is 5.57. The largest absolute Gasteiger partial charge is 0.478 e. The summed E-state index contributed by atoms with van der Waals surface area (Å²) in [4.78, 5) is 15.2. The molecule has 0 aliphatic carbocycles. The van der Waals surface area contributed by atoms with E-state index in [-0.39, 0.29) is 0 Å². The molecule has 0 heterocycles. The molecule has 3 nitrogen and oxygen atoms in total. The summed E-state index contributed by atoms with van der Waals surface area (Å²) >= 11 is 0. The minimum Gasteiger partial charge on any atom is -0.478 e. The van der Waals surface area contributed by atoms with Gasteiger partial charge in [0.1, 0.15) is 0 Å². The second-order valence-electron chi connectivity index (χ2n) is 3.60. The molecule has 86 valence electrons. The van der Waals surface area contributed by atoms with Crippen molar-refractivity contribution >= 4 is 17.9 Å². The van der Waals surface area contributed by atoms with Crippen molar-refractivity contribution < 1.29 is 9.90 Å². The Balaban J connectivity index is 2.95. The van der Waals surface area contributed by atoms with Gasteiger partial charge in [0.05, 0.1) is 11.3 Å². The molecule has 0 saturated carbocycles. The molecule has 0 spiro atoms. The van der Waals surface area contributed by atoms with E-state index in [1.54, 1.807) is 12.1 Å². The van der Waals surface area contributed by atoms with Gasteiger partial charge in [-0.15, -0.1) is 0 Å². The maximum absolute atomic E-state index is 10.9. The third-order valence-electron chi connectivity index (χ3n) is 2.36. The smallest absolute Gasteiger partial charge is 0.335 e. The Morgan fingerprint density at radius 3 is 2.75 bits per heavy atom. The highest BCUT2D eigenvalue weighted by molar-refractivity contribution is 5.90. The van der Waals surface area contributed by atoms with Gasteiger partial charge in [-0.3, -0.25) is 4.99 Å². The molecule has 1 rings (SSSR count). The highest BCUT2D eigenvalue weighted by Crippen LogP contribution is 2.19. The molecule has 3 heteroatoms. The lowest BCUT2D eigenvalue weighted by Crippen LogP contribution is -2.00. The van der Waals surface area contributed by atoms with Gasteiger partial charge in [0.2, 0.25) is 0 Å². The van der Waals surface area contributed by atoms with Crippen molar-refractivity contribution in [1.29, 1.82) is 0 Å². The Morgan fingerprint density at radius 1 is 1.44 bits per heavy atom. The van der Waals surface area contributed by atoms with E-state index in [9.17, 15) is 4.79 Å². The molecule has 0 saturated heterocycles. The second-order valence-corrected chi connectivity index (χ2v) is 3.60. The predicted octanol–water partition coefficient (Wildman–Crippen LogP) is 3.45. The lowest BCUT2D eigenvalue weighted by molar-refractivity contribution is 0.0696. The zero-order chi connectivity index (χ0) is 12.0. The topological polar surface area (TPSA) is 49.7 Å². The van der Waals surface area contributed by atoms with E-state index >= 15 is 0 Å². The van der Waals surface area contributed by atoms with Gasteiger partial charge in [-0.25, -0.2) is 4.79 Å². The zero-order valence-electron chi connectivity index (χ0n) is 9.73. The molecule has 1 N–H and O–H groups in total. The number of aliphatic imine (C=N–C) groups is 1. The summed E-state index contributed by atoms with van der Waals surface area (Å²) in [5.74, 6) is -0.874. The van der Waals surface area contributed by atoms with Crippen LogP contribution in [0.5, 0.6) is 0 Å². The number of carbonyl (C=O) groups is 1. The number of carboxylic acids is 1. The predicted molar refractivity (Wildman–Crippen MR) is 65.8 cm³/mol. The fourth-order valence-corrected chi connectivity index (χ4v) is 1.46. The van der Waals surface area contributed by atoms with Crippen LogP contribution in [-0.4, -0.2) is 17.3 Å². The molecular formula is C13H17NO2. The number of hydrogen-bond donors (Lipinski definition) is 1. The van der Waals surface area contributed by atoms with Gasteiger partial charge in [-0.1, -0.05) is 20.3 Å². The fraction of sp³-hybridized carbons (Fsp3) is 0.385. The first-order valence-electron chi connectivity index (χ1n) is 5.57. The zero-order valence-corrected chi connectivity index (χ0v) is 9.73. The normalized spacial score (nSPS) is 10.9. The summed E-state index contributed by atoms with van der Waals surface area (Å²) in [6.45, 7) is 4.04. The molecule has 1 aromatic carbocycles. The van der Waals surface area contributed by atoms with E-state index in [0.29, 0.717) is 12.0 Å². The van der Waals surface area contributed by atoms with Crippen molar-refractivity contribution in [3.63, 3.8) is 0 Å². The van der Waals surface area contributed by atoms with Crippen molar-refractivity contribution in [3.8, 4) is 0 Å². The van der Waals surface area contributed by atoms with E-state index in [1.807, 2.05) is 19.2 Å². The molecule has 1 aromatic rings. The number of nitrogens with zero attached hydrogens (tertiary/aromatic N) is 1. The van der Waals surface area contributed by atoms with Crippen LogP contribution in [0.2, 0.25) is 0 Å². The summed E-state index contributed by atoms with van der Waals surface area (Å²) in [6, 6.07) is 5.21. The molecule has 0 aromatic heterocycles. The average molecular weight is 219 g/mol. The van der Waals surface area contributed by atoms with Crippen LogP contribution in [0.3, 0.4) is 0 Å². The van der Waals surface area contributed by atoms with Gasteiger partial charge >= 0.3 is 5.97 Å². The number of aromatic carboxylic acids is 1. The maximum Gasteiger partial charge on any atom is 0.335 e. The molecule has 0 atom stereocenters. The Morgan fingerprint density at radius 2 is 2.19 bits per heavy atom. The van der Waals surface area contributed by atoms with Crippen LogP contribution in [0.1, 0.15) is 42.6 Å². The van der Waals surface area contributed by atoms with Gasteiger partial charge in [0.25, 0.3) is 0 Å². The number of rotatable bonds is 5. The molecule has 0 amide bonds. The van der Waals surface area contributed by atoms with E-state index in [0.717, 1.165) is 24.1 Å². The number of aryl methyl sites for hydroxylation is 1. The summed E-state index contributed by atoms with van der Waals surface area (Å²) < 4.78 is 0. The SMILES string of the molecule is CCCC=Nc1ccc(C(=O)O)c(CC)c1. The molecule has 0 radical (unpaired) electrons. The maximum atomic E-state index is 10.9. The Labute approximate surface area is 95.8 Å². The van der Waals surface area contributed by atoms with Crippen molar-refractivity contribution in [2.45, 2.75) is 33.1 Å². The van der Waals surface area contributed by atoms with Crippen LogP contribution in [0, 0.1) is 0 Å². The van der Waals surface area contributed by atoms with E-state index < -0.39 is 5.97 Å². The third-order valence-corrected chi connectivity index (χ3v) is 2.36. The number of hydrogen-bond acceptors (Lipinski definition) is 2. The summed E-state index contributed by atoms with van der Waals surface area (Å²) in [6.07, 6.45) is 4.59. The highest BCUT2D eigenvalue weighted by Gasteiger charge is 2.08. The highest BCUT2D eigenvalue weighted by atomic mass is 16.4. The van der Waals surface area contributed by atoms with Crippen LogP contribution in [0.25, 0.3) is 0 Å². The van der Waals surface area contributed by atoms with Gasteiger partial charge in [-0.05, 0) is 36.6 Å². The quantitative estimate of drug-likeness (QED) is 0.771. The average Bonchev–Trinajstić information content (AvgIpc) is 2.29. The lowest BCUT2D eigenvalue weighted by Gasteiger charge is -2.04. The van der Waals surface area contributed by atoms with E-state index in [4.69, 9.17) is 5.11 Å². The molecule has 0 fully saturated rings. The fourth-order valence-electron chi connectivity index (χ4n) is 1.46. The van der Waals surface area contributed by atoms with Crippen LogP contribution in [0.15, 0.2) is 23.2 Å². The molecule has 0 aliphatic rings. The van der Waals surface area contributed by atoms with Gasteiger partial charge in [0.15, 0.2) is 0 Å². The molecular weight excluding hydrogens is 202 g/mol. The van der Waals surface area contributed by atoms with Crippen LogP contribution < -0.4 is 0 Å². The van der Waals surface area contributed by atoms with E-state index in [2.05, 4.69) is 11.9 Å². The van der Waals surface area contributed by atoms with E-state index in [1.165, 1.54) is 0 Å². The molecule has 0 unspecified atom stereocenters. The summed E-state index contributed by atoms with van der Waals surface area (Å²) in [5, 5.41) is 8.96. The molecule has 0 aliphatic heterocycles. The lowest BCUT2D eigenvalue weighted by atomic mass is 10.0. The minimum absolute atomic E-state index is 0.372. The van der Waals surface area contributed by atoms with Crippen LogP contribution in [0.4, 0.5) is 5.69 Å². The number of unbranched alkanes of at least 4 members (excludes halogenated alkanes) is 1. The second kappa shape index (κ2) is 6.05. The molecule has 16 heavy (non-hydrogen) atoms. The number of benzene rings is 1. The van der Waals surface area contributed by atoms with Gasteiger partial charge in [0, 0.05) is 6.21 Å². The Hall–Kier alpha value is -1.64. The van der Waals surface area contributed by atoms with Crippen molar-refractivity contribution in [1.82, 2.24) is 0 Å². The molecule has 0 bridgehead atoms. The first-order chi connectivity index (χ1) is 7.69. The Bertz CT molecular complexity index is 397. The standard InChI is InChI=1S/C13H17NO2/c1-3-5-8-14-11-6-7-12(13(15)16)10(4-2)9-11/h6-9H,3-5H2,1-2H3,(H,15,16). The summed E-state index contributed by atoms with van der Waals surface area (Å²) in [5.41, 5.74) is 2.03. The van der Waals surface area contributed by atoms with Crippen molar-refractivity contribution in [3.05, 3.63) is 29.3 Å². The van der Waals surface area contributed by atoms with Crippen LogP contribution in [-0.2, 0) is 6.42 Å². The minimum atomic E-state index is -0.874. The van der Waals surface area contributed by atoms with Crippen molar-refractivity contribution in [2.75, 3.05) is 0 Å². The van der Waals surface area contributed by atoms with Gasteiger partial charge < -0.3 is 5.11 Å². The Kier molecular flexibility index (Phi) is 4.70. The number of carboxylic acid groups (broad SMARTS) is 1. The summed E-state index contributed by atoms with van der Waals surface area (Å²) in [7, 11) is 0. The van der Waals surface area contributed by atoms with Crippen LogP contribution >= 0.6 is 0 Å². The monoisotopic (exact) mass is 219 g/mol. The van der Waals surface area contributed by atoms with Crippen molar-refractivity contribution in [2.24, 2.45) is 4.99 Å². The van der Waals surface area contributed by atoms with Gasteiger partial charge in [-0.2, -0.15) is 0 Å².